The SMILES string of the molecule is O=C(O)C1(Cc2ccccn2)CCN(Cc2ccc(-c3noc(-c4ccc(C5CCCCC5)c(Cl)c4)n3)cc2)CC1. The number of rotatable bonds is 8. The highest BCUT2D eigenvalue weighted by atomic mass is 35.5. The summed E-state index contributed by atoms with van der Waals surface area (Å²) in [4.78, 5) is 23.6. The van der Waals surface area contributed by atoms with Crippen LogP contribution in [-0.4, -0.2) is 44.2 Å². The van der Waals surface area contributed by atoms with Crippen LogP contribution in [0.15, 0.2) is 71.4 Å². The van der Waals surface area contributed by atoms with Gasteiger partial charge in [-0.15, -0.1) is 0 Å². The normalized spacial score (nSPS) is 17.9. The van der Waals surface area contributed by atoms with Crippen molar-refractivity contribution < 1.29 is 14.4 Å². The summed E-state index contributed by atoms with van der Waals surface area (Å²) in [5.74, 6) is 0.812. The van der Waals surface area contributed by atoms with Crippen molar-refractivity contribution in [2.45, 2.75) is 63.8 Å². The molecule has 1 aliphatic heterocycles. The average Bonchev–Trinajstić information content (AvgIpc) is 3.50. The second kappa shape index (κ2) is 12.1. The lowest BCUT2D eigenvalue weighted by Crippen LogP contribution is -2.45. The van der Waals surface area contributed by atoms with Gasteiger partial charge in [0.1, 0.15) is 0 Å². The first kappa shape index (κ1) is 27.6. The third-order valence-corrected chi connectivity index (χ3v) is 9.18. The maximum Gasteiger partial charge on any atom is 0.310 e. The number of benzene rings is 2. The van der Waals surface area contributed by atoms with Crippen molar-refractivity contribution in [3.05, 3.63) is 88.7 Å². The third-order valence-electron chi connectivity index (χ3n) is 8.85. The van der Waals surface area contributed by atoms with Crippen LogP contribution in [0.4, 0.5) is 0 Å². The molecule has 2 aliphatic rings. The molecule has 2 fully saturated rings. The zero-order valence-corrected chi connectivity index (χ0v) is 23.9. The van der Waals surface area contributed by atoms with Crippen LogP contribution in [0.2, 0.25) is 5.02 Å². The molecule has 1 saturated heterocycles. The maximum absolute atomic E-state index is 12.2. The van der Waals surface area contributed by atoms with Crippen molar-refractivity contribution in [3.63, 3.8) is 0 Å². The summed E-state index contributed by atoms with van der Waals surface area (Å²) in [5.41, 5.74) is 4.17. The second-order valence-corrected chi connectivity index (χ2v) is 12.0. The van der Waals surface area contributed by atoms with Gasteiger partial charge >= 0.3 is 5.97 Å². The Morgan fingerprint density at radius 1 is 1.00 bits per heavy atom. The van der Waals surface area contributed by atoms with Gasteiger partial charge in [-0.3, -0.25) is 14.7 Å². The van der Waals surface area contributed by atoms with Crippen LogP contribution in [0.5, 0.6) is 0 Å². The first-order valence-electron chi connectivity index (χ1n) is 14.6. The van der Waals surface area contributed by atoms with Gasteiger partial charge in [-0.2, -0.15) is 4.98 Å². The van der Waals surface area contributed by atoms with Gasteiger partial charge in [-0.1, -0.05) is 72.4 Å². The Bertz CT molecular complexity index is 1470. The van der Waals surface area contributed by atoms with Crippen LogP contribution in [0.25, 0.3) is 22.8 Å². The summed E-state index contributed by atoms with van der Waals surface area (Å²) in [6.45, 7) is 2.23. The number of piperidine rings is 1. The van der Waals surface area contributed by atoms with E-state index < -0.39 is 11.4 Å². The van der Waals surface area contributed by atoms with E-state index in [1.165, 1.54) is 37.7 Å². The van der Waals surface area contributed by atoms with Crippen molar-refractivity contribution in [2.24, 2.45) is 5.41 Å². The molecule has 1 N–H and O–H groups in total. The molecule has 2 aromatic carbocycles. The lowest BCUT2D eigenvalue weighted by molar-refractivity contribution is -0.152. The number of hydrogen-bond donors (Lipinski definition) is 1. The molecule has 212 valence electrons. The molecule has 6 rings (SSSR count). The monoisotopic (exact) mass is 570 g/mol. The number of aromatic nitrogens is 3. The standard InChI is InChI=1S/C33H35ClN4O3/c34-29-20-26(13-14-28(29)24-6-2-1-3-7-24)31-36-30(37-41-31)25-11-9-23(10-12-25)22-38-18-15-33(16-19-38,32(39)40)21-27-8-4-5-17-35-27/h4-5,8-14,17,20,24H,1-3,6-7,15-16,18-19,21-22H2,(H,39,40). The molecule has 3 heterocycles. The fourth-order valence-corrected chi connectivity index (χ4v) is 6.67. The van der Waals surface area contributed by atoms with Gasteiger partial charge in [0.2, 0.25) is 5.82 Å². The topological polar surface area (TPSA) is 92.3 Å². The summed E-state index contributed by atoms with van der Waals surface area (Å²) >= 11 is 6.68. The van der Waals surface area contributed by atoms with Gasteiger partial charge in [0.05, 0.1) is 5.41 Å². The molecule has 4 aromatic rings. The highest BCUT2D eigenvalue weighted by Crippen LogP contribution is 2.38. The molecule has 8 heteroatoms. The maximum atomic E-state index is 12.2. The summed E-state index contributed by atoms with van der Waals surface area (Å²) in [6, 6.07) is 19.9. The molecule has 0 radical (unpaired) electrons. The van der Waals surface area contributed by atoms with E-state index in [-0.39, 0.29) is 0 Å². The van der Waals surface area contributed by atoms with E-state index in [9.17, 15) is 9.90 Å². The molecule has 0 unspecified atom stereocenters. The molecule has 2 aromatic heterocycles. The van der Waals surface area contributed by atoms with Crippen molar-refractivity contribution in [2.75, 3.05) is 13.1 Å². The molecule has 1 saturated carbocycles. The number of halogens is 1. The van der Waals surface area contributed by atoms with Gasteiger partial charge in [-0.05, 0) is 80.1 Å². The Morgan fingerprint density at radius 3 is 2.44 bits per heavy atom. The molecular formula is C33H35ClN4O3. The van der Waals surface area contributed by atoms with E-state index >= 15 is 0 Å². The Hall–Kier alpha value is -3.55. The molecular weight excluding hydrogens is 536 g/mol. The first-order chi connectivity index (χ1) is 20.0. The van der Waals surface area contributed by atoms with E-state index in [0.717, 1.165) is 47.0 Å². The van der Waals surface area contributed by atoms with Gasteiger partial charge in [0, 0.05) is 41.0 Å². The third kappa shape index (κ3) is 6.21. The largest absolute Gasteiger partial charge is 0.481 e. The quantitative estimate of drug-likeness (QED) is 0.236. The molecule has 1 aliphatic carbocycles. The van der Waals surface area contributed by atoms with Crippen molar-refractivity contribution in [1.82, 2.24) is 20.0 Å². The second-order valence-electron chi connectivity index (χ2n) is 11.6. The van der Waals surface area contributed by atoms with Crippen molar-refractivity contribution in [1.29, 1.82) is 0 Å². The van der Waals surface area contributed by atoms with E-state index in [2.05, 4.69) is 38.2 Å². The number of carboxylic acids is 1. The van der Waals surface area contributed by atoms with Gasteiger partial charge in [-0.25, -0.2) is 0 Å². The fourth-order valence-electron chi connectivity index (χ4n) is 6.34. The Balaban J connectivity index is 1.07. The lowest BCUT2D eigenvalue weighted by Gasteiger charge is -2.38. The molecule has 0 atom stereocenters. The van der Waals surface area contributed by atoms with Crippen LogP contribution < -0.4 is 0 Å². The minimum atomic E-state index is -0.758. The smallest absolute Gasteiger partial charge is 0.310 e. The number of aliphatic carboxylic acids is 1. The Kier molecular flexibility index (Phi) is 8.17. The summed E-state index contributed by atoms with van der Waals surface area (Å²) in [6.07, 6.45) is 9.66. The molecule has 0 spiro atoms. The van der Waals surface area contributed by atoms with Crippen LogP contribution in [0, 0.1) is 5.41 Å². The minimum Gasteiger partial charge on any atom is -0.481 e. The molecule has 41 heavy (non-hydrogen) atoms. The number of pyridine rings is 1. The lowest BCUT2D eigenvalue weighted by atomic mass is 9.74. The van der Waals surface area contributed by atoms with Gasteiger partial charge < -0.3 is 9.63 Å². The van der Waals surface area contributed by atoms with Crippen molar-refractivity contribution >= 4 is 17.6 Å². The number of nitrogens with zero attached hydrogens (tertiary/aromatic N) is 4. The highest BCUT2D eigenvalue weighted by Gasteiger charge is 2.41. The first-order valence-corrected chi connectivity index (χ1v) is 15.0. The zero-order chi connectivity index (χ0) is 28.2. The summed E-state index contributed by atoms with van der Waals surface area (Å²) in [5, 5.41) is 15.0. The average molecular weight is 571 g/mol. The Labute approximate surface area is 245 Å². The predicted molar refractivity (Wildman–Crippen MR) is 159 cm³/mol. The molecule has 7 nitrogen and oxygen atoms in total. The predicted octanol–water partition coefficient (Wildman–Crippen LogP) is 7.41. The number of likely N-dealkylation sites (tertiary alicyclic amines) is 1. The minimum absolute atomic E-state index is 0.460. The molecule has 0 amide bonds. The summed E-state index contributed by atoms with van der Waals surface area (Å²) < 4.78 is 5.60. The van der Waals surface area contributed by atoms with E-state index in [1.807, 2.05) is 42.5 Å². The van der Waals surface area contributed by atoms with E-state index in [1.54, 1.807) is 6.20 Å². The zero-order valence-electron chi connectivity index (χ0n) is 23.1. The van der Waals surface area contributed by atoms with Crippen LogP contribution >= 0.6 is 11.6 Å². The number of carboxylic acid groups (broad SMARTS) is 1. The Morgan fingerprint density at radius 2 is 1.76 bits per heavy atom. The van der Waals surface area contributed by atoms with Crippen LogP contribution in [0.1, 0.15) is 67.7 Å². The number of hydrogen-bond acceptors (Lipinski definition) is 6. The summed E-state index contributed by atoms with van der Waals surface area (Å²) in [7, 11) is 0. The van der Waals surface area contributed by atoms with E-state index in [0.29, 0.717) is 36.9 Å². The highest BCUT2D eigenvalue weighted by molar-refractivity contribution is 6.31. The van der Waals surface area contributed by atoms with E-state index in [4.69, 9.17) is 16.1 Å². The van der Waals surface area contributed by atoms with Gasteiger partial charge in [0.15, 0.2) is 0 Å². The van der Waals surface area contributed by atoms with Gasteiger partial charge in [0.25, 0.3) is 5.89 Å². The van der Waals surface area contributed by atoms with Crippen LogP contribution in [0.3, 0.4) is 0 Å². The fraction of sp³-hybridized carbons (Fsp3) is 0.394. The molecule has 0 bridgehead atoms. The van der Waals surface area contributed by atoms with Crippen LogP contribution in [-0.2, 0) is 17.8 Å². The van der Waals surface area contributed by atoms with Crippen molar-refractivity contribution in [3.8, 4) is 22.8 Å². The number of carbonyl (C=O) groups is 1.